The fraction of sp³-hybridized carbons (Fsp3) is 0. The molecule has 0 aromatic carbocycles. The van der Waals surface area contributed by atoms with Gasteiger partial charge in [-0.3, -0.25) is 0 Å². The summed E-state index contributed by atoms with van der Waals surface area (Å²) in [6, 6.07) is 0. The number of rotatable bonds is 1. The van der Waals surface area contributed by atoms with Gasteiger partial charge in [-0.2, -0.15) is 0 Å². The van der Waals surface area contributed by atoms with E-state index in [2.05, 4.69) is 0 Å². The van der Waals surface area contributed by atoms with Gasteiger partial charge >= 0.3 is 5.97 Å². The highest BCUT2D eigenvalue weighted by Gasteiger charge is 2.21. The fourth-order valence-corrected chi connectivity index (χ4v) is 2.00. The Kier molecular flexibility index (Phi) is 2.37. The van der Waals surface area contributed by atoms with Crippen molar-refractivity contribution in [2.75, 3.05) is 0 Å². The van der Waals surface area contributed by atoms with Gasteiger partial charge in [-0.25, -0.2) is 9.18 Å². The van der Waals surface area contributed by atoms with Crippen LogP contribution in [-0.4, -0.2) is 11.1 Å². The lowest BCUT2D eigenvalue weighted by atomic mass is 10.3. The molecule has 6 heteroatoms. The van der Waals surface area contributed by atoms with E-state index in [1.165, 1.54) is 0 Å². The molecule has 1 N–H and O–H groups in total. The Bertz CT molecular complexity index is 310. The van der Waals surface area contributed by atoms with Crippen LogP contribution in [0.4, 0.5) is 4.39 Å². The lowest BCUT2D eigenvalue weighted by Gasteiger charge is -1.87. The molecule has 0 bridgehead atoms. The van der Waals surface area contributed by atoms with E-state index < -0.39 is 17.3 Å². The molecule has 0 fully saturated rings. The van der Waals surface area contributed by atoms with Gasteiger partial charge in [0.25, 0.3) is 0 Å². The monoisotopic (exact) mass is 214 g/mol. The molecule has 0 unspecified atom stereocenters. The molecule has 0 radical (unpaired) electrons. The van der Waals surface area contributed by atoms with E-state index in [0.29, 0.717) is 11.3 Å². The maximum atomic E-state index is 12.7. The number of hydrogen-bond donors (Lipinski definition) is 1. The second kappa shape index (κ2) is 2.97. The molecule has 0 saturated heterocycles. The summed E-state index contributed by atoms with van der Waals surface area (Å²) >= 11 is 11.3. The first-order valence-electron chi connectivity index (χ1n) is 2.40. The van der Waals surface area contributed by atoms with Crippen molar-refractivity contribution in [1.29, 1.82) is 0 Å². The maximum absolute atomic E-state index is 12.7. The second-order valence-electron chi connectivity index (χ2n) is 1.64. The van der Waals surface area contributed by atoms with Crippen LogP contribution in [-0.2, 0) is 0 Å². The van der Waals surface area contributed by atoms with Gasteiger partial charge in [0.1, 0.15) is 14.2 Å². The summed E-state index contributed by atoms with van der Waals surface area (Å²) in [6.45, 7) is 0. The van der Waals surface area contributed by atoms with Crippen LogP contribution in [0.3, 0.4) is 0 Å². The van der Waals surface area contributed by atoms with Crippen LogP contribution in [0.5, 0.6) is 0 Å². The van der Waals surface area contributed by atoms with Gasteiger partial charge in [0.2, 0.25) is 0 Å². The highest BCUT2D eigenvalue weighted by molar-refractivity contribution is 7.20. The Morgan fingerprint density at radius 3 is 2.18 bits per heavy atom. The Morgan fingerprint density at radius 2 is 2.00 bits per heavy atom. The molecule has 1 heterocycles. The van der Waals surface area contributed by atoms with Crippen molar-refractivity contribution in [3.8, 4) is 0 Å². The van der Waals surface area contributed by atoms with Gasteiger partial charge in [0, 0.05) is 0 Å². The molecule has 2 nitrogen and oxygen atoms in total. The zero-order valence-corrected chi connectivity index (χ0v) is 7.23. The predicted molar refractivity (Wildman–Crippen MR) is 41.3 cm³/mol. The molecule has 0 amide bonds. The largest absolute Gasteiger partial charge is 0.478 e. The van der Waals surface area contributed by atoms with Crippen LogP contribution in [0.15, 0.2) is 0 Å². The summed E-state index contributed by atoms with van der Waals surface area (Å²) in [5.74, 6) is -2.37. The van der Waals surface area contributed by atoms with Gasteiger partial charge in [0.05, 0.1) is 0 Å². The van der Waals surface area contributed by atoms with Crippen LogP contribution in [0.1, 0.15) is 10.4 Å². The van der Waals surface area contributed by atoms with Crippen LogP contribution in [0.25, 0.3) is 0 Å². The minimum Gasteiger partial charge on any atom is -0.478 e. The van der Waals surface area contributed by atoms with Gasteiger partial charge < -0.3 is 5.11 Å². The van der Waals surface area contributed by atoms with Gasteiger partial charge in [-0.05, 0) is 0 Å². The molecule has 0 aliphatic heterocycles. The third-order valence-electron chi connectivity index (χ3n) is 0.982. The molecule has 0 atom stereocenters. The van der Waals surface area contributed by atoms with Crippen molar-refractivity contribution >= 4 is 40.5 Å². The third kappa shape index (κ3) is 1.47. The van der Waals surface area contributed by atoms with Crippen LogP contribution >= 0.6 is 34.5 Å². The molecular formula is C5HCl2FO2S. The van der Waals surface area contributed by atoms with E-state index in [0.717, 1.165) is 0 Å². The smallest absolute Gasteiger partial charge is 0.341 e. The molecule has 1 aromatic rings. The third-order valence-corrected chi connectivity index (χ3v) is 2.54. The average molecular weight is 215 g/mol. The molecule has 0 aliphatic carbocycles. The maximum Gasteiger partial charge on any atom is 0.341 e. The van der Waals surface area contributed by atoms with Gasteiger partial charge in [-0.1, -0.05) is 23.2 Å². The van der Waals surface area contributed by atoms with Crippen LogP contribution in [0.2, 0.25) is 8.67 Å². The zero-order valence-electron chi connectivity index (χ0n) is 4.90. The van der Waals surface area contributed by atoms with Crippen LogP contribution in [0, 0.1) is 5.82 Å². The Hall–Kier alpha value is -0.320. The summed E-state index contributed by atoms with van der Waals surface area (Å²) in [4.78, 5) is 10.3. The number of hydrogen-bond acceptors (Lipinski definition) is 2. The highest BCUT2D eigenvalue weighted by atomic mass is 35.5. The molecule has 1 aromatic heterocycles. The fourth-order valence-electron chi connectivity index (χ4n) is 0.537. The summed E-state index contributed by atoms with van der Waals surface area (Å²) in [5.41, 5.74) is -0.554. The first-order valence-corrected chi connectivity index (χ1v) is 3.98. The topological polar surface area (TPSA) is 37.3 Å². The van der Waals surface area contributed by atoms with E-state index in [1.54, 1.807) is 0 Å². The Balaban J connectivity index is 3.34. The first-order chi connectivity index (χ1) is 5.04. The summed E-state index contributed by atoms with van der Waals surface area (Å²) < 4.78 is 12.3. The molecule has 60 valence electrons. The molecular weight excluding hydrogens is 214 g/mol. The van der Waals surface area contributed by atoms with E-state index >= 15 is 0 Å². The molecule has 0 aliphatic rings. The molecule has 11 heavy (non-hydrogen) atoms. The Morgan fingerprint density at radius 1 is 1.45 bits per heavy atom. The second-order valence-corrected chi connectivity index (χ2v) is 3.87. The van der Waals surface area contributed by atoms with E-state index in [9.17, 15) is 9.18 Å². The lowest BCUT2D eigenvalue weighted by Crippen LogP contribution is -1.97. The summed E-state index contributed by atoms with van der Waals surface area (Å²) in [5, 5.41) is 8.38. The minimum atomic E-state index is -1.41. The number of carboxylic acids is 1. The standard InChI is InChI=1S/C5HCl2FO2S/c6-3-1(5(9)10)2(8)4(7)11-3/h(H,9,10). The molecule has 1 rings (SSSR count). The zero-order chi connectivity index (χ0) is 8.59. The van der Waals surface area contributed by atoms with Crippen molar-refractivity contribution in [1.82, 2.24) is 0 Å². The van der Waals surface area contributed by atoms with Crippen molar-refractivity contribution in [2.45, 2.75) is 0 Å². The van der Waals surface area contributed by atoms with E-state index in [4.69, 9.17) is 28.3 Å². The number of thiophene rings is 1. The average Bonchev–Trinajstić information content (AvgIpc) is 2.07. The number of carboxylic acid groups (broad SMARTS) is 1. The van der Waals surface area contributed by atoms with Crippen LogP contribution < -0.4 is 0 Å². The van der Waals surface area contributed by atoms with Crippen molar-refractivity contribution in [3.63, 3.8) is 0 Å². The first kappa shape index (κ1) is 8.77. The minimum absolute atomic E-state index is 0.139. The summed E-state index contributed by atoms with van der Waals surface area (Å²) in [6.07, 6.45) is 0. The SMILES string of the molecule is O=C(O)c1c(Cl)sc(Cl)c1F. The number of carbonyl (C=O) groups is 1. The van der Waals surface area contributed by atoms with E-state index in [1.807, 2.05) is 0 Å². The number of aromatic carboxylic acids is 1. The predicted octanol–water partition coefficient (Wildman–Crippen LogP) is 2.89. The number of halogens is 3. The van der Waals surface area contributed by atoms with Crippen molar-refractivity contribution in [3.05, 3.63) is 20.1 Å². The van der Waals surface area contributed by atoms with Crippen molar-refractivity contribution in [2.24, 2.45) is 0 Å². The quantitative estimate of drug-likeness (QED) is 0.781. The lowest BCUT2D eigenvalue weighted by molar-refractivity contribution is 0.0693. The van der Waals surface area contributed by atoms with Crippen molar-refractivity contribution < 1.29 is 14.3 Å². The Labute approximate surface area is 75.2 Å². The van der Waals surface area contributed by atoms with Gasteiger partial charge in [0.15, 0.2) is 5.82 Å². The molecule has 0 saturated carbocycles. The molecule has 0 spiro atoms. The highest BCUT2D eigenvalue weighted by Crippen LogP contribution is 2.34. The van der Waals surface area contributed by atoms with Gasteiger partial charge in [-0.15, -0.1) is 11.3 Å². The normalized spacial score (nSPS) is 10.1. The van der Waals surface area contributed by atoms with E-state index in [-0.39, 0.29) is 8.67 Å². The summed E-state index contributed by atoms with van der Waals surface area (Å²) in [7, 11) is 0.